The molecule has 0 bridgehead atoms. The highest BCUT2D eigenvalue weighted by atomic mass is 19.2. The zero-order valence-corrected chi connectivity index (χ0v) is 18.3. The summed E-state index contributed by atoms with van der Waals surface area (Å²) < 4.78 is 29.0. The van der Waals surface area contributed by atoms with Crippen LogP contribution in [0, 0.1) is 17.6 Å². The first-order valence-corrected chi connectivity index (χ1v) is 11.8. The van der Waals surface area contributed by atoms with E-state index in [-0.39, 0.29) is 0 Å². The Bertz CT molecular complexity index is 1070. The predicted molar refractivity (Wildman–Crippen MR) is 120 cm³/mol. The van der Waals surface area contributed by atoms with Crippen LogP contribution >= 0.6 is 0 Å². The number of benzene rings is 1. The number of anilines is 1. The first kappa shape index (κ1) is 21.2. The molecule has 2 aromatic heterocycles. The molecule has 0 amide bonds. The van der Waals surface area contributed by atoms with Gasteiger partial charge in [-0.1, -0.05) is 25.3 Å². The van der Waals surface area contributed by atoms with E-state index >= 15 is 0 Å². The van der Waals surface area contributed by atoms with E-state index in [2.05, 4.69) is 20.2 Å². The van der Waals surface area contributed by atoms with Gasteiger partial charge < -0.3 is 15.2 Å². The third kappa shape index (κ3) is 4.60. The molecule has 32 heavy (non-hydrogen) atoms. The molecule has 1 atom stereocenters. The highest BCUT2D eigenvalue weighted by Gasteiger charge is 2.25. The zero-order valence-electron chi connectivity index (χ0n) is 18.3. The van der Waals surface area contributed by atoms with Crippen molar-refractivity contribution in [3.05, 3.63) is 47.4 Å². The summed E-state index contributed by atoms with van der Waals surface area (Å²) >= 11 is 0. The molecule has 3 aromatic rings. The van der Waals surface area contributed by atoms with Crippen molar-refractivity contribution >= 4 is 17.1 Å². The second-order valence-corrected chi connectivity index (χ2v) is 9.13. The van der Waals surface area contributed by atoms with Gasteiger partial charge in [-0.05, 0) is 62.4 Å². The van der Waals surface area contributed by atoms with Crippen molar-refractivity contribution in [1.29, 1.82) is 0 Å². The number of imidazole rings is 1. The average Bonchev–Trinajstić information content (AvgIpc) is 3.19. The third-order valence-electron chi connectivity index (χ3n) is 6.76. The van der Waals surface area contributed by atoms with Gasteiger partial charge in [0.25, 0.3) is 0 Å². The number of aromatic nitrogens is 4. The smallest absolute Gasteiger partial charge is 0.225 e. The van der Waals surface area contributed by atoms with Crippen molar-refractivity contribution in [2.45, 2.75) is 64.0 Å². The monoisotopic (exact) mass is 440 g/mol. The topological polar surface area (TPSA) is 67.7 Å². The van der Waals surface area contributed by atoms with Gasteiger partial charge >= 0.3 is 0 Å². The van der Waals surface area contributed by atoms with E-state index in [4.69, 9.17) is 9.97 Å². The summed E-state index contributed by atoms with van der Waals surface area (Å²) in [4.78, 5) is 14.2. The molecular formula is C24H30F2N6. The zero-order chi connectivity index (χ0) is 21.9. The van der Waals surface area contributed by atoms with Gasteiger partial charge in [-0.15, -0.1) is 0 Å². The summed E-state index contributed by atoms with van der Waals surface area (Å²) in [6.45, 7) is 3.35. The average molecular weight is 441 g/mol. The van der Waals surface area contributed by atoms with Gasteiger partial charge in [-0.25, -0.2) is 18.7 Å². The standard InChI is InChI=1S/C24H30F2N6/c25-19-9-8-16(11-20(19)26)13-28-24-29-14-21-23(31-24)32(15-17-5-4-10-27-12-17)22(30-21)18-6-2-1-3-7-18/h8-9,11,14,17-18,27H,1-7,10,12-13,15H2,(H,28,29,31)/t17-/m1/s1. The van der Waals surface area contributed by atoms with E-state index in [1.165, 1.54) is 51.0 Å². The van der Waals surface area contributed by atoms with Crippen LogP contribution in [0.3, 0.4) is 0 Å². The second kappa shape index (κ2) is 9.48. The molecule has 3 heterocycles. The Balaban J connectivity index is 1.43. The molecule has 8 heteroatoms. The molecule has 2 N–H and O–H groups in total. The van der Waals surface area contributed by atoms with Crippen molar-refractivity contribution < 1.29 is 8.78 Å². The van der Waals surface area contributed by atoms with Gasteiger partial charge in [0.1, 0.15) is 11.3 Å². The molecular weight excluding hydrogens is 410 g/mol. The number of piperidine rings is 1. The first-order valence-electron chi connectivity index (χ1n) is 11.8. The highest BCUT2D eigenvalue weighted by Crippen LogP contribution is 2.34. The van der Waals surface area contributed by atoms with Crippen LogP contribution < -0.4 is 10.6 Å². The second-order valence-electron chi connectivity index (χ2n) is 9.13. The molecule has 0 radical (unpaired) electrons. The van der Waals surface area contributed by atoms with Crippen molar-refractivity contribution in [3.63, 3.8) is 0 Å². The van der Waals surface area contributed by atoms with Gasteiger partial charge in [0.05, 0.1) is 6.20 Å². The molecule has 2 aliphatic rings. The molecule has 0 spiro atoms. The number of nitrogens with one attached hydrogen (secondary N) is 2. The lowest BCUT2D eigenvalue weighted by molar-refractivity contribution is 0.327. The molecule has 170 valence electrons. The van der Waals surface area contributed by atoms with Crippen LogP contribution in [-0.4, -0.2) is 32.6 Å². The molecule has 1 saturated carbocycles. The number of hydrogen-bond acceptors (Lipinski definition) is 5. The third-order valence-corrected chi connectivity index (χ3v) is 6.76. The summed E-state index contributed by atoms with van der Waals surface area (Å²) in [7, 11) is 0. The number of halogens is 2. The maximum Gasteiger partial charge on any atom is 0.225 e. The van der Waals surface area contributed by atoms with Gasteiger partial charge in [0, 0.05) is 19.0 Å². The summed E-state index contributed by atoms with van der Waals surface area (Å²) in [5.74, 6) is 0.975. The molecule has 1 aliphatic heterocycles. The number of nitrogens with zero attached hydrogens (tertiary/aromatic N) is 4. The Morgan fingerprint density at radius 2 is 1.91 bits per heavy atom. The van der Waals surface area contributed by atoms with Gasteiger partial charge in [-0.3, -0.25) is 0 Å². The fourth-order valence-corrected chi connectivity index (χ4v) is 5.04. The van der Waals surface area contributed by atoms with Crippen molar-refractivity contribution in [2.24, 2.45) is 5.92 Å². The van der Waals surface area contributed by atoms with Crippen LogP contribution in [0.2, 0.25) is 0 Å². The van der Waals surface area contributed by atoms with Crippen LogP contribution in [0.25, 0.3) is 11.2 Å². The molecule has 6 nitrogen and oxygen atoms in total. The maximum atomic E-state index is 13.5. The minimum absolute atomic E-state index is 0.318. The summed E-state index contributed by atoms with van der Waals surface area (Å²) in [5, 5.41) is 6.67. The van der Waals surface area contributed by atoms with Crippen LogP contribution in [-0.2, 0) is 13.1 Å². The Morgan fingerprint density at radius 1 is 1.03 bits per heavy atom. The quantitative estimate of drug-likeness (QED) is 0.578. The van der Waals surface area contributed by atoms with Crippen molar-refractivity contribution in [3.8, 4) is 0 Å². The minimum atomic E-state index is -0.850. The summed E-state index contributed by atoms with van der Waals surface area (Å²) in [6.07, 6.45) is 10.4. The minimum Gasteiger partial charge on any atom is -0.350 e. The van der Waals surface area contributed by atoms with E-state index in [0.29, 0.717) is 29.9 Å². The fraction of sp³-hybridized carbons (Fsp3) is 0.542. The van der Waals surface area contributed by atoms with Gasteiger partial charge in [0.15, 0.2) is 17.3 Å². The van der Waals surface area contributed by atoms with Crippen LogP contribution in [0.1, 0.15) is 62.3 Å². The SMILES string of the molecule is Fc1ccc(CNc2ncc3nc(C4CCCCC4)n(C[C@@H]4CCCNC4)c3n2)cc1F. The van der Waals surface area contributed by atoms with E-state index in [1.54, 1.807) is 12.3 Å². The molecule has 2 fully saturated rings. The summed E-state index contributed by atoms with van der Waals surface area (Å²) in [5.41, 5.74) is 2.32. The largest absolute Gasteiger partial charge is 0.350 e. The number of rotatable bonds is 6. The van der Waals surface area contributed by atoms with E-state index in [9.17, 15) is 8.78 Å². The maximum absolute atomic E-state index is 13.5. The van der Waals surface area contributed by atoms with Crippen LogP contribution in [0.5, 0.6) is 0 Å². The van der Waals surface area contributed by atoms with Crippen molar-refractivity contribution in [1.82, 2.24) is 24.8 Å². The number of fused-ring (bicyclic) bond motifs is 1. The molecule has 1 aliphatic carbocycles. The number of hydrogen-bond donors (Lipinski definition) is 2. The first-order chi connectivity index (χ1) is 15.7. The van der Waals surface area contributed by atoms with Gasteiger partial charge in [0.2, 0.25) is 5.95 Å². The normalized spacial score (nSPS) is 20.0. The Labute approximate surface area is 186 Å². The fourth-order valence-electron chi connectivity index (χ4n) is 5.04. The van der Waals surface area contributed by atoms with Crippen molar-refractivity contribution in [2.75, 3.05) is 18.4 Å². The molecule has 1 aromatic carbocycles. The lowest BCUT2D eigenvalue weighted by Gasteiger charge is -2.26. The van der Waals surface area contributed by atoms with Crippen LogP contribution in [0.4, 0.5) is 14.7 Å². The van der Waals surface area contributed by atoms with E-state index < -0.39 is 11.6 Å². The lowest BCUT2D eigenvalue weighted by Crippen LogP contribution is -2.32. The predicted octanol–water partition coefficient (Wildman–Crippen LogP) is 4.76. The molecule has 5 rings (SSSR count). The summed E-state index contributed by atoms with van der Waals surface area (Å²) in [6, 6.07) is 3.90. The van der Waals surface area contributed by atoms with E-state index in [1.807, 2.05) is 0 Å². The molecule has 1 saturated heterocycles. The highest BCUT2D eigenvalue weighted by molar-refractivity contribution is 5.72. The lowest BCUT2D eigenvalue weighted by atomic mass is 9.88. The molecule has 0 unspecified atom stereocenters. The van der Waals surface area contributed by atoms with Gasteiger partial charge in [-0.2, -0.15) is 4.98 Å². The Hall–Kier alpha value is -2.61. The Kier molecular flexibility index (Phi) is 6.30. The van der Waals surface area contributed by atoms with Crippen LogP contribution in [0.15, 0.2) is 24.4 Å². The van der Waals surface area contributed by atoms with E-state index in [0.717, 1.165) is 42.7 Å². The Morgan fingerprint density at radius 3 is 2.69 bits per heavy atom.